The molecule has 0 radical (unpaired) electrons. The van der Waals surface area contributed by atoms with Gasteiger partial charge in [-0.3, -0.25) is 9.59 Å². The number of thiophene rings is 2. The summed E-state index contributed by atoms with van der Waals surface area (Å²) in [5.74, 6) is 0.262. The van der Waals surface area contributed by atoms with Gasteiger partial charge in [-0.25, -0.2) is 0 Å². The van der Waals surface area contributed by atoms with Crippen LogP contribution in [0.25, 0.3) is 11.4 Å². The Labute approximate surface area is 163 Å². The Morgan fingerprint density at radius 2 is 2.22 bits per heavy atom. The molecule has 3 aromatic rings. The van der Waals surface area contributed by atoms with Crippen LogP contribution in [0.2, 0.25) is 0 Å². The Balaban J connectivity index is 1.21. The highest BCUT2D eigenvalue weighted by Crippen LogP contribution is 2.24. The summed E-state index contributed by atoms with van der Waals surface area (Å²) < 4.78 is 10.3. The number of amides is 1. The Hall–Kier alpha value is -2.52. The lowest BCUT2D eigenvalue weighted by Crippen LogP contribution is -2.38. The topological polar surface area (TPSA) is 85.5 Å². The molecule has 7 nitrogen and oxygen atoms in total. The van der Waals surface area contributed by atoms with E-state index >= 15 is 0 Å². The van der Waals surface area contributed by atoms with Crippen molar-refractivity contribution in [2.75, 3.05) is 13.2 Å². The van der Waals surface area contributed by atoms with Crippen LogP contribution in [0, 0.1) is 0 Å². The molecule has 3 aromatic heterocycles. The maximum atomic E-state index is 12.3. The summed E-state index contributed by atoms with van der Waals surface area (Å²) >= 11 is 3.27. The number of aryl methyl sites for hydroxylation is 1. The van der Waals surface area contributed by atoms with E-state index in [1.807, 2.05) is 28.3 Å². The number of hydrogen-bond donors (Lipinski definition) is 0. The standard InChI is InChI=1S/C18H17N3O4S2/c22-16(21-6-3-14-12(9-21)5-8-27-14)10-24-17(23)2-1-15-19-18(20-25-15)13-4-7-26-11-13/h4-5,7-8,11H,1-3,6,9-10H2. The molecule has 1 aliphatic rings. The Morgan fingerprint density at radius 3 is 3.07 bits per heavy atom. The number of nitrogens with zero attached hydrogens (tertiary/aromatic N) is 3. The van der Waals surface area contributed by atoms with Gasteiger partial charge in [-0.1, -0.05) is 5.16 Å². The lowest BCUT2D eigenvalue weighted by molar-refractivity contribution is -0.152. The molecule has 0 aromatic carbocycles. The zero-order valence-electron chi connectivity index (χ0n) is 14.4. The predicted octanol–water partition coefficient (Wildman–Crippen LogP) is 2.92. The van der Waals surface area contributed by atoms with E-state index in [2.05, 4.69) is 10.1 Å². The van der Waals surface area contributed by atoms with Crippen molar-refractivity contribution in [1.82, 2.24) is 15.0 Å². The van der Waals surface area contributed by atoms with Crippen LogP contribution in [0.3, 0.4) is 0 Å². The van der Waals surface area contributed by atoms with E-state index in [1.54, 1.807) is 27.6 Å². The van der Waals surface area contributed by atoms with Crippen molar-refractivity contribution in [3.8, 4) is 11.4 Å². The highest BCUT2D eigenvalue weighted by atomic mass is 32.1. The van der Waals surface area contributed by atoms with Crippen LogP contribution in [0.5, 0.6) is 0 Å². The van der Waals surface area contributed by atoms with Gasteiger partial charge < -0.3 is 14.2 Å². The van der Waals surface area contributed by atoms with Crippen LogP contribution >= 0.6 is 22.7 Å². The number of carbonyl (C=O) groups is 2. The fraction of sp³-hybridized carbons (Fsp3) is 0.333. The SMILES string of the molecule is O=C(CCc1nc(-c2ccsc2)no1)OCC(=O)N1CCc2sccc2C1. The molecule has 4 rings (SSSR count). The minimum atomic E-state index is -0.452. The number of esters is 1. The third kappa shape index (κ3) is 4.25. The van der Waals surface area contributed by atoms with E-state index in [9.17, 15) is 9.59 Å². The van der Waals surface area contributed by atoms with E-state index in [4.69, 9.17) is 9.26 Å². The van der Waals surface area contributed by atoms with E-state index in [1.165, 1.54) is 10.4 Å². The predicted molar refractivity (Wildman–Crippen MR) is 100 cm³/mol. The van der Waals surface area contributed by atoms with Crippen LogP contribution in [0.4, 0.5) is 0 Å². The smallest absolute Gasteiger partial charge is 0.306 e. The first-order valence-corrected chi connectivity index (χ1v) is 10.3. The largest absolute Gasteiger partial charge is 0.456 e. The van der Waals surface area contributed by atoms with Gasteiger partial charge in [0.05, 0.1) is 6.42 Å². The molecule has 0 aliphatic carbocycles. The highest BCUT2D eigenvalue weighted by molar-refractivity contribution is 7.10. The van der Waals surface area contributed by atoms with Crippen LogP contribution in [-0.4, -0.2) is 40.1 Å². The van der Waals surface area contributed by atoms with E-state index in [-0.39, 0.29) is 25.4 Å². The van der Waals surface area contributed by atoms with E-state index < -0.39 is 5.97 Å². The van der Waals surface area contributed by atoms with Crippen molar-refractivity contribution in [2.24, 2.45) is 0 Å². The first-order valence-electron chi connectivity index (χ1n) is 8.53. The second kappa shape index (κ2) is 8.01. The van der Waals surface area contributed by atoms with Crippen molar-refractivity contribution in [3.63, 3.8) is 0 Å². The lowest BCUT2D eigenvalue weighted by Gasteiger charge is -2.26. The van der Waals surface area contributed by atoms with E-state index in [0.717, 1.165) is 12.0 Å². The molecule has 0 N–H and O–H groups in total. The summed E-state index contributed by atoms with van der Waals surface area (Å²) in [6.45, 7) is 1.02. The molecule has 0 spiro atoms. The Kier molecular flexibility index (Phi) is 5.30. The number of carbonyl (C=O) groups excluding carboxylic acids is 2. The fourth-order valence-corrected chi connectivity index (χ4v) is 4.37. The summed E-state index contributed by atoms with van der Waals surface area (Å²) in [4.78, 5) is 31.5. The quantitative estimate of drug-likeness (QED) is 0.588. The molecule has 1 amide bonds. The average Bonchev–Trinajstić information content (AvgIpc) is 3.44. The molecule has 4 heterocycles. The highest BCUT2D eigenvalue weighted by Gasteiger charge is 2.22. The maximum Gasteiger partial charge on any atom is 0.306 e. The van der Waals surface area contributed by atoms with Crippen LogP contribution < -0.4 is 0 Å². The molecular weight excluding hydrogens is 386 g/mol. The van der Waals surface area contributed by atoms with Gasteiger partial charge in [0, 0.05) is 35.3 Å². The van der Waals surface area contributed by atoms with Crippen molar-refractivity contribution in [2.45, 2.75) is 25.8 Å². The Bertz CT molecular complexity index is 932. The molecule has 0 unspecified atom stereocenters. The first-order chi connectivity index (χ1) is 13.2. The number of rotatable bonds is 6. The normalized spacial score (nSPS) is 13.4. The number of ether oxygens (including phenoxy) is 1. The van der Waals surface area contributed by atoms with Gasteiger partial charge in [0.15, 0.2) is 6.61 Å². The van der Waals surface area contributed by atoms with Crippen molar-refractivity contribution >= 4 is 34.6 Å². The molecule has 1 aliphatic heterocycles. The van der Waals surface area contributed by atoms with Crippen molar-refractivity contribution in [1.29, 1.82) is 0 Å². The molecule has 0 saturated heterocycles. The summed E-state index contributed by atoms with van der Waals surface area (Å²) in [5.41, 5.74) is 2.07. The molecule has 27 heavy (non-hydrogen) atoms. The zero-order chi connectivity index (χ0) is 18.6. The second-order valence-corrected chi connectivity index (χ2v) is 7.90. The lowest BCUT2D eigenvalue weighted by atomic mass is 10.1. The number of aromatic nitrogens is 2. The average molecular weight is 403 g/mol. The number of hydrogen-bond acceptors (Lipinski definition) is 8. The molecule has 140 valence electrons. The van der Waals surface area contributed by atoms with Gasteiger partial charge in [0.2, 0.25) is 11.7 Å². The minimum absolute atomic E-state index is 0.0905. The van der Waals surface area contributed by atoms with Crippen molar-refractivity contribution in [3.05, 3.63) is 44.6 Å². The van der Waals surface area contributed by atoms with Gasteiger partial charge in [-0.15, -0.1) is 11.3 Å². The molecule has 0 saturated carbocycles. The van der Waals surface area contributed by atoms with Gasteiger partial charge in [-0.2, -0.15) is 16.3 Å². The molecule has 0 atom stereocenters. The first kappa shape index (κ1) is 17.9. The van der Waals surface area contributed by atoms with Gasteiger partial charge in [0.25, 0.3) is 5.91 Å². The zero-order valence-corrected chi connectivity index (χ0v) is 16.1. The van der Waals surface area contributed by atoms with Crippen LogP contribution in [-0.2, 0) is 33.7 Å². The molecule has 0 fully saturated rings. The van der Waals surface area contributed by atoms with Gasteiger partial charge in [-0.05, 0) is 34.9 Å². The summed E-state index contributed by atoms with van der Waals surface area (Å²) in [6.07, 6.45) is 1.23. The molecular formula is C18H17N3O4S2. The summed E-state index contributed by atoms with van der Waals surface area (Å²) in [7, 11) is 0. The van der Waals surface area contributed by atoms with Crippen LogP contribution in [0.15, 0.2) is 32.8 Å². The maximum absolute atomic E-state index is 12.3. The van der Waals surface area contributed by atoms with E-state index in [0.29, 0.717) is 24.8 Å². The third-order valence-corrected chi connectivity index (χ3v) is 6.01. The minimum Gasteiger partial charge on any atom is -0.456 e. The van der Waals surface area contributed by atoms with Gasteiger partial charge in [0.1, 0.15) is 0 Å². The monoisotopic (exact) mass is 403 g/mol. The second-order valence-electron chi connectivity index (χ2n) is 6.12. The third-order valence-electron chi connectivity index (χ3n) is 4.31. The van der Waals surface area contributed by atoms with Gasteiger partial charge >= 0.3 is 5.97 Å². The fourth-order valence-electron chi connectivity index (χ4n) is 2.84. The van der Waals surface area contributed by atoms with Crippen LogP contribution in [0.1, 0.15) is 22.8 Å². The molecule has 9 heteroatoms. The summed E-state index contributed by atoms with van der Waals surface area (Å²) in [5, 5.41) is 9.79. The number of fused-ring (bicyclic) bond motifs is 1. The Morgan fingerprint density at radius 1 is 1.30 bits per heavy atom. The van der Waals surface area contributed by atoms with Crippen molar-refractivity contribution < 1.29 is 18.8 Å². The molecule has 0 bridgehead atoms. The summed E-state index contributed by atoms with van der Waals surface area (Å²) in [6, 6.07) is 3.94.